The van der Waals surface area contributed by atoms with Gasteiger partial charge in [-0.15, -0.1) is 0 Å². The number of aliphatic hydroxyl groups is 1. The number of nitrogens with two attached hydrogens (primary N) is 1. The molecule has 0 aliphatic heterocycles. The molecule has 1 aromatic carbocycles. The lowest BCUT2D eigenvalue weighted by Gasteiger charge is -2.23. The first-order valence-electron chi connectivity index (χ1n) is 8.38. The maximum Gasteiger partial charge on any atom is 0.166 e. The van der Waals surface area contributed by atoms with Gasteiger partial charge >= 0.3 is 0 Å². The zero-order chi connectivity index (χ0) is 18.8. The number of aliphatic hydroxyl groups excluding tert-OH is 1. The van der Waals surface area contributed by atoms with E-state index in [0.29, 0.717) is 18.1 Å². The largest absolute Gasteiger partial charge is 0.405 e. The lowest BCUT2D eigenvalue weighted by atomic mass is 9.96. The first-order valence-corrected chi connectivity index (χ1v) is 8.79. The molecule has 0 bridgehead atoms. The molecule has 0 saturated heterocycles. The van der Waals surface area contributed by atoms with Crippen LogP contribution in [-0.2, 0) is 6.42 Å². The smallest absolute Gasteiger partial charge is 0.166 e. The van der Waals surface area contributed by atoms with Crippen molar-refractivity contribution in [1.29, 1.82) is 0 Å². The van der Waals surface area contributed by atoms with E-state index < -0.39 is 0 Å². The van der Waals surface area contributed by atoms with Crippen LogP contribution in [0.2, 0.25) is 0 Å². The van der Waals surface area contributed by atoms with Gasteiger partial charge in [0.2, 0.25) is 0 Å². The first kappa shape index (κ1) is 19.6. The number of aromatic nitrogens is 1. The van der Waals surface area contributed by atoms with Crippen molar-refractivity contribution < 1.29 is 5.11 Å². The second-order valence-electron chi connectivity index (χ2n) is 5.63. The molecule has 2 rings (SSSR count). The molecule has 1 aromatic heterocycles. The molecule has 5 nitrogen and oxygen atoms in total. The molecule has 1 atom stereocenters. The summed E-state index contributed by atoms with van der Waals surface area (Å²) in [7, 11) is 0. The minimum atomic E-state index is -0.114. The third kappa shape index (κ3) is 5.40. The average molecular weight is 369 g/mol. The normalized spacial score (nSPS) is 12.9. The van der Waals surface area contributed by atoms with Crippen molar-refractivity contribution in [1.82, 2.24) is 15.6 Å². The van der Waals surface area contributed by atoms with Crippen molar-refractivity contribution in [2.24, 2.45) is 5.73 Å². The molecule has 5 N–H and O–H groups in total. The summed E-state index contributed by atoms with van der Waals surface area (Å²) in [6, 6.07) is 9.94. The second-order valence-corrected chi connectivity index (χ2v) is 6.04. The molecule has 6 heteroatoms. The average Bonchev–Trinajstić information content (AvgIpc) is 2.66. The van der Waals surface area contributed by atoms with Crippen LogP contribution in [0.25, 0.3) is 10.9 Å². The van der Waals surface area contributed by atoms with Crippen molar-refractivity contribution in [3.05, 3.63) is 78.7 Å². The van der Waals surface area contributed by atoms with Crippen molar-refractivity contribution in [2.75, 3.05) is 13.2 Å². The third-order valence-electron chi connectivity index (χ3n) is 3.87. The van der Waals surface area contributed by atoms with Gasteiger partial charge in [-0.05, 0) is 54.2 Å². The van der Waals surface area contributed by atoms with Crippen LogP contribution < -0.4 is 16.4 Å². The maximum atomic E-state index is 8.97. The monoisotopic (exact) mass is 368 g/mol. The standard InChI is InChI=1S/C20H24N4OS/c1-2-5-15(8-10-21)19(24-20(26)23-12-13-25)14-16-9-11-22-18-7-4-3-6-17(16)18/h2-11,19,25H,1,12-14,21H2,(H2,23,24,26)/b10-8-,15-5+. The van der Waals surface area contributed by atoms with Crippen LogP contribution >= 0.6 is 12.2 Å². The van der Waals surface area contributed by atoms with Crippen LogP contribution in [0, 0.1) is 0 Å². The number of fused-ring (bicyclic) bond motifs is 1. The van der Waals surface area contributed by atoms with Gasteiger partial charge in [0.05, 0.1) is 18.2 Å². The molecule has 0 aliphatic carbocycles. The van der Waals surface area contributed by atoms with Crippen LogP contribution in [0.15, 0.2) is 73.1 Å². The molecule has 2 aromatic rings. The molecule has 0 radical (unpaired) electrons. The number of thiocarbonyl (C=S) groups is 1. The Morgan fingerprint density at radius 3 is 2.88 bits per heavy atom. The van der Waals surface area contributed by atoms with Gasteiger partial charge in [-0.2, -0.15) is 0 Å². The molecule has 26 heavy (non-hydrogen) atoms. The summed E-state index contributed by atoms with van der Waals surface area (Å²) in [5, 5.41) is 16.8. The van der Waals surface area contributed by atoms with E-state index in [1.165, 1.54) is 6.20 Å². The highest BCUT2D eigenvalue weighted by molar-refractivity contribution is 7.80. The number of nitrogens with one attached hydrogen (secondary N) is 2. The minimum absolute atomic E-state index is 0.0134. The van der Waals surface area contributed by atoms with Gasteiger partial charge in [-0.1, -0.05) is 36.9 Å². The van der Waals surface area contributed by atoms with E-state index in [2.05, 4.69) is 28.3 Å². The Hall–Kier alpha value is -2.70. The Morgan fingerprint density at radius 2 is 2.15 bits per heavy atom. The van der Waals surface area contributed by atoms with Gasteiger partial charge < -0.3 is 21.5 Å². The minimum Gasteiger partial charge on any atom is -0.405 e. The fourth-order valence-electron chi connectivity index (χ4n) is 2.72. The first-order chi connectivity index (χ1) is 12.7. The fourth-order valence-corrected chi connectivity index (χ4v) is 2.96. The highest BCUT2D eigenvalue weighted by atomic mass is 32.1. The quantitative estimate of drug-likeness (QED) is 0.422. The summed E-state index contributed by atoms with van der Waals surface area (Å²) in [6.07, 6.45) is 9.45. The van der Waals surface area contributed by atoms with E-state index in [0.717, 1.165) is 22.0 Å². The number of pyridine rings is 1. The van der Waals surface area contributed by atoms with Crippen LogP contribution in [0.5, 0.6) is 0 Å². The molecule has 0 aliphatic rings. The number of hydrogen-bond acceptors (Lipinski definition) is 4. The Kier molecular flexibility index (Phi) is 7.79. The topological polar surface area (TPSA) is 83.2 Å². The van der Waals surface area contributed by atoms with Crippen LogP contribution in [-0.4, -0.2) is 34.4 Å². The molecule has 1 unspecified atom stereocenters. The Labute approximate surface area is 159 Å². The van der Waals surface area contributed by atoms with E-state index in [1.807, 2.05) is 42.6 Å². The molecule has 0 fully saturated rings. The van der Waals surface area contributed by atoms with Crippen molar-refractivity contribution in [3.63, 3.8) is 0 Å². The van der Waals surface area contributed by atoms with Gasteiger partial charge in [0.15, 0.2) is 5.11 Å². The highest BCUT2D eigenvalue weighted by Crippen LogP contribution is 2.20. The summed E-state index contributed by atoms with van der Waals surface area (Å²) in [4.78, 5) is 4.42. The number of para-hydroxylation sites is 1. The second kappa shape index (κ2) is 10.3. The Balaban J connectivity index is 2.34. The number of hydrogen-bond donors (Lipinski definition) is 4. The molecular weight excluding hydrogens is 344 g/mol. The zero-order valence-corrected chi connectivity index (χ0v) is 15.4. The van der Waals surface area contributed by atoms with Gasteiger partial charge in [0.1, 0.15) is 0 Å². The van der Waals surface area contributed by atoms with Crippen LogP contribution in [0.3, 0.4) is 0 Å². The van der Waals surface area contributed by atoms with Crippen molar-refractivity contribution in [2.45, 2.75) is 12.5 Å². The molecule has 0 amide bonds. The Morgan fingerprint density at radius 1 is 1.35 bits per heavy atom. The predicted octanol–water partition coefficient (Wildman–Crippen LogP) is 2.19. The Bertz CT molecular complexity index is 811. The molecular formula is C20H24N4OS. The summed E-state index contributed by atoms with van der Waals surface area (Å²) < 4.78 is 0. The highest BCUT2D eigenvalue weighted by Gasteiger charge is 2.16. The van der Waals surface area contributed by atoms with Gasteiger partial charge in [0.25, 0.3) is 0 Å². The van der Waals surface area contributed by atoms with E-state index in [9.17, 15) is 0 Å². The van der Waals surface area contributed by atoms with Gasteiger partial charge in [-0.3, -0.25) is 4.98 Å². The molecule has 1 heterocycles. The summed E-state index contributed by atoms with van der Waals surface area (Å²) in [5.74, 6) is 0. The fraction of sp³-hybridized carbons (Fsp3) is 0.200. The predicted molar refractivity (Wildman–Crippen MR) is 112 cm³/mol. The third-order valence-corrected chi connectivity index (χ3v) is 4.13. The van der Waals surface area contributed by atoms with Crippen LogP contribution in [0.1, 0.15) is 5.56 Å². The SMILES string of the molecule is C=C/C=C(\C=C/N)C(Cc1ccnc2ccccc12)NC(=S)NCCO. The lowest BCUT2D eigenvalue weighted by molar-refractivity contribution is 0.300. The summed E-state index contributed by atoms with van der Waals surface area (Å²) >= 11 is 5.34. The number of nitrogens with zero attached hydrogens (tertiary/aromatic N) is 1. The van der Waals surface area contributed by atoms with Crippen LogP contribution in [0.4, 0.5) is 0 Å². The maximum absolute atomic E-state index is 8.97. The van der Waals surface area contributed by atoms with Crippen molar-refractivity contribution >= 4 is 28.2 Å². The number of benzene rings is 1. The van der Waals surface area contributed by atoms with E-state index in [1.54, 1.807) is 6.08 Å². The summed E-state index contributed by atoms with van der Waals surface area (Å²) in [5.41, 5.74) is 8.68. The van der Waals surface area contributed by atoms with E-state index in [4.69, 9.17) is 23.1 Å². The molecule has 0 saturated carbocycles. The van der Waals surface area contributed by atoms with E-state index >= 15 is 0 Å². The molecule has 0 spiro atoms. The van der Waals surface area contributed by atoms with E-state index in [-0.39, 0.29) is 12.6 Å². The summed E-state index contributed by atoms with van der Waals surface area (Å²) in [6.45, 7) is 4.19. The van der Waals surface area contributed by atoms with Gasteiger partial charge in [-0.25, -0.2) is 0 Å². The van der Waals surface area contributed by atoms with Gasteiger partial charge in [0, 0.05) is 18.1 Å². The number of rotatable bonds is 8. The number of allylic oxidation sites excluding steroid dienone is 2. The van der Waals surface area contributed by atoms with Crippen molar-refractivity contribution in [3.8, 4) is 0 Å². The zero-order valence-electron chi connectivity index (χ0n) is 14.6. The lowest BCUT2D eigenvalue weighted by Crippen LogP contribution is -2.44. The molecule has 136 valence electrons.